The molecule has 1 aliphatic heterocycles. The minimum atomic E-state index is -0.774. The molecule has 2 rings (SSSR count). The van der Waals surface area contributed by atoms with E-state index < -0.39 is 11.6 Å². The Morgan fingerprint density at radius 3 is 2.44 bits per heavy atom. The van der Waals surface area contributed by atoms with Crippen LogP contribution in [0, 0.1) is 5.92 Å². The lowest BCUT2D eigenvalue weighted by molar-refractivity contribution is -0.136. The number of hydrogen-bond acceptors (Lipinski definition) is 4. The molecule has 0 unspecified atom stereocenters. The molecule has 0 aromatic rings. The van der Waals surface area contributed by atoms with Gasteiger partial charge in [-0.3, -0.25) is 14.5 Å². The average Bonchev–Trinajstić information content (AvgIpc) is 2.84. The Kier molecular flexibility index (Phi) is 6.81. The van der Waals surface area contributed by atoms with Crippen molar-refractivity contribution in [2.45, 2.75) is 58.4 Å². The number of imide groups is 1. The van der Waals surface area contributed by atoms with E-state index >= 15 is 0 Å². The van der Waals surface area contributed by atoms with Crippen molar-refractivity contribution < 1.29 is 14.4 Å². The predicted molar refractivity (Wildman–Crippen MR) is 96.0 cm³/mol. The first kappa shape index (κ1) is 19.7. The third kappa shape index (κ3) is 4.51. The SMILES string of the molecule is CCC1CCC2(CC1)NC(=O)N(CC(=O)NCCN(CC)CC)C2=O. The molecule has 0 aromatic heterocycles. The van der Waals surface area contributed by atoms with Gasteiger partial charge in [-0.25, -0.2) is 4.79 Å². The van der Waals surface area contributed by atoms with Gasteiger partial charge in [0.2, 0.25) is 5.91 Å². The van der Waals surface area contributed by atoms with E-state index in [4.69, 9.17) is 0 Å². The molecule has 7 heteroatoms. The first-order valence-electron chi connectivity index (χ1n) is 9.58. The Labute approximate surface area is 150 Å². The second-order valence-electron chi connectivity index (χ2n) is 7.13. The molecule has 1 saturated carbocycles. The molecule has 0 radical (unpaired) electrons. The van der Waals surface area contributed by atoms with Crippen LogP contribution in [0.15, 0.2) is 0 Å². The molecule has 1 aliphatic carbocycles. The molecular formula is C18H32N4O3. The van der Waals surface area contributed by atoms with Crippen LogP contribution < -0.4 is 10.6 Å². The van der Waals surface area contributed by atoms with Crippen LogP contribution in [0.2, 0.25) is 0 Å². The summed E-state index contributed by atoms with van der Waals surface area (Å²) in [6, 6.07) is -0.432. The van der Waals surface area contributed by atoms with Crippen LogP contribution in [0.25, 0.3) is 0 Å². The van der Waals surface area contributed by atoms with Crippen molar-refractivity contribution in [3.63, 3.8) is 0 Å². The second kappa shape index (κ2) is 8.65. The molecule has 4 amide bonds. The number of rotatable bonds is 8. The van der Waals surface area contributed by atoms with Crippen LogP contribution in [-0.4, -0.2) is 65.9 Å². The molecule has 1 spiro atoms. The lowest BCUT2D eigenvalue weighted by Crippen LogP contribution is -2.50. The first-order valence-corrected chi connectivity index (χ1v) is 9.58. The first-order chi connectivity index (χ1) is 12.0. The van der Waals surface area contributed by atoms with E-state index in [1.807, 2.05) is 0 Å². The van der Waals surface area contributed by atoms with Gasteiger partial charge in [0.25, 0.3) is 5.91 Å². The summed E-state index contributed by atoms with van der Waals surface area (Å²) in [5.74, 6) is 0.119. The summed E-state index contributed by atoms with van der Waals surface area (Å²) in [5.41, 5.74) is -0.774. The van der Waals surface area contributed by atoms with Crippen LogP contribution >= 0.6 is 0 Å². The van der Waals surface area contributed by atoms with E-state index in [0.717, 1.165) is 43.8 Å². The number of nitrogens with zero attached hydrogens (tertiary/aromatic N) is 2. The fourth-order valence-corrected chi connectivity index (χ4v) is 3.83. The third-order valence-corrected chi connectivity index (χ3v) is 5.73. The highest BCUT2D eigenvalue weighted by atomic mass is 16.2. The summed E-state index contributed by atoms with van der Waals surface area (Å²) in [7, 11) is 0. The Balaban J connectivity index is 1.85. The number of hydrogen-bond donors (Lipinski definition) is 2. The molecule has 1 heterocycles. The fraction of sp³-hybridized carbons (Fsp3) is 0.833. The van der Waals surface area contributed by atoms with E-state index in [1.54, 1.807) is 0 Å². The van der Waals surface area contributed by atoms with Crippen molar-refractivity contribution >= 4 is 17.8 Å². The molecule has 0 bridgehead atoms. The van der Waals surface area contributed by atoms with Gasteiger partial charge in [0.15, 0.2) is 0 Å². The average molecular weight is 352 g/mol. The molecule has 2 fully saturated rings. The van der Waals surface area contributed by atoms with Gasteiger partial charge >= 0.3 is 6.03 Å². The zero-order valence-corrected chi connectivity index (χ0v) is 15.8. The van der Waals surface area contributed by atoms with Gasteiger partial charge in [0.1, 0.15) is 12.1 Å². The Bertz CT molecular complexity index is 497. The highest BCUT2D eigenvalue weighted by Gasteiger charge is 2.52. The summed E-state index contributed by atoms with van der Waals surface area (Å²) in [6.45, 7) is 9.26. The Hall–Kier alpha value is -1.63. The molecule has 25 heavy (non-hydrogen) atoms. The molecular weight excluding hydrogens is 320 g/mol. The maximum absolute atomic E-state index is 12.8. The maximum atomic E-state index is 12.8. The van der Waals surface area contributed by atoms with Gasteiger partial charge in [-0.2, -0.15) is 0 Å². The van der Waals surface area contributed by atoms with Gasteiger partial charge in [0.05, 0.1) is 0 Å². The van der Waals surface area contributed by atoms with Crippen LogP contribution in [-0.2, 0) is 9.59 Å². The van der Waals surface area contributed by atoms with Crippen LogP contribution in [0.3, 0.4) is 0 Å². The second-order valence-corrected chi connectivity index (χ2v) is 7.13. The van der Waals surface area contributed by atoms with Gasteiger partial charge in [-0.15, -0.1) is 0 Å². The summed E-state index contributed by atoms with van der Waals surface area (Å²) in [6.07, 6.45) is 4.36. The van der Waals surface area contributed by atoms with E-state index in [9.17, 15) is 14.4 Å². The van der Waals surface area contributed by atoms with Gasteiger partial charge in [-0.05, 0) is 44.7 Å². The monoisotopic (exact) mass is 352 g/mol. The normalized spacial score (nSPS) is 26.4. The predicted octanol–water partition coefficient (Wildman–Crippen LogP) is 1.34. The Morgan fingerprint density at radius 1 is 1.24 bits per heavy atom. The molecule has 2 aliphatic rings. The molecule has 1 saturated heterocycles. The topological polar surface area (TPSA) is 81.8 Å². The summed E-state index contributed by atoms with van der Waals surface area (Å²) < 4.78 is 0. The summed E-state index contributed by atoms with van der Waals surface area (Å²) >= 11 is 0. The Morgan fingerprint density at radius 2 is 1.88 bits per heavy atom. The van der Waals surface area contributed by atoms with Crippen molar-refractivity contribution in [2.75, 3.05) is 32.7 Å². The number of amides is 4. The number of urea groups is 1. The van der Waals surface area contributed by atoms with Gasteiger partial charge < -0.3 is 15.5 Å². The third-order valence-electron chi connectivity index (χ3n) is 5.73. The van der Waals surface area contributed by atoms with Crippen LogP contribution in [0.1, 0.15) is 52.9 Å². The van der Waals surface area contributed by atoms with Crippen LogP contribution in [0.4, 0.5) is 4.79 Å². The smallest absolute Gasteiger partial charge is 0.325 e. The van der Waals surface area contributed by atoms with E-state index in [0.29, 0.717) is 25.3 Å². The van der Waals surface area contributed by atoms with Crippen molar-refractivity contribution in [3.8, 4) is 0 Å². The van der Waals surface area contributed by atoms with Gasteiger partial charge in [-0.1, -0.05) is 27.2 Å². The minimum absolute atomic E-state index is 0.193. The summed E-state index contributed by atoms with van der Waals surface area (Å²) in [5, 5.41) is 5.66. The fourth-order valence-electron chi connectivity index (χ4n) is 3.83. The highest BCUT2D eigenvalue weighted by molar-refractivity contribution is 6.09. The zero-order valence-electron chi connectivity index (χ0n) is 15.8. The van der Waals surface area contributed by atoms with E-state index in [1.165, 1.54) is 0 Å². The number of likely N-dealkylation sites (N-methyl/N-ethyl adjacent to an activating group) is 1. The standard InChI is InChI=1S/C18H32N4O3/c1-4-14-7-9-18(10-8-14)16(24)22(17(25)20-18)13-15(23)19-11-12-21(5-2)6-3/h14H,4-13H2,1-3H3,(H,19,23)(H,20,25). The maximum Gasteiger partial charge on any atom is 0.325 e. The molecule has 142 valence electrons. The minimum Gasteiger partial charge on any atom is -0.353 e. The highest BCUT2D eigenvalue weighted by Crippen LogP contribution is 2.37. The summed E-state index contributed by atoms with van der Waals surface area (Å²) in [4.78, 5) is 40.4. The van der Waals surface area contributed by atoms with Gasteiger partial charge in [0, 0.05) is 13.1 Å². The largest absolute Gasteiger partial charge is 0.353 e. The molecule has 2 N–H and O–H groups in total. The number of carbonyl (C=O) groups is 3. The lowest BCUT2D eigenvalue weighted by Gasteiger charge is -2.34. The molecule has 0 atom stereocenters. The molecule has 0 aromatic carbocycles. The van der Waals surface area contributed by atoms with Crippen molar-refractivity contribution in [1.82, 2.24) is 20.4 Å². The molecule has 7 nitrogen and oxygen atoms in total. The van der Waals surface area contributed by atoms with E-state index in [-0.39, 0.29) is 18.4 Å². The quantitative estimate of drug-likeness (QED) is 0.646. The van der Waals surface area contributed by atoms with Crippen molar-refractivity contribution in [1.29, 1.82) is 0 Å². The van der Waals surface area contributed by atoms with E-state index in [2.05, 4.69) is 36.3 Å². The van der Waals surface area contributed by atoms with Crippen molar-refractivity contribution in [3.05, 3.63) is 0 Å². The number of carbonyl (C=O) groups excluding carboxylic acids is 3. The number of nitrogens with one attached hydrogen (secondary N) is 2. The zero-order chi connectivity index (χ0) is 18.4. The van der Waals surface area contributed by atoms with Crippen LogP contribution in [0.5, 0.6) is 0 Å². The lowest BCUT2D eigenvalue weighted by atomic mass is 9.75. The van der Waals surface area contributed by atoms with Crippen molar-refractivity contribution in [2.24, 2.45) is 5.92 Å².